The highest BCUT2D eigenvalue weighted by Gasteiger charge is 2.19. The van der Waals surface area contributed by atoms with Crippen LogP contribution in [0, 0.1) is 6.92 Å². The van der Waals surface area contributed by atoms with Gasteiger partial charge in [-0.1, -0.05) is 31.0 Å². The molecule has 1 unspecified atom stereocenters. The molecule has 0 saturated carbocycles. The maximum Gasteiger partial charge on any atom is 0.274 e. The van der Waals surface area contributed by atoms with Crippen LogP contribution in [0.1, 0.15) is 25.3 Å². The van der Waals surface area contributed by atoms with Gasteiger partial charge in [0.05, 0.1) is 5.02 Å². The summed E-state index contributed by atoms with van der Waals surface area (Å²) in [6.45, 7) is 3.90. The first-order chi connectivity index (χ1) is 8.08. The summed E-state index contributed by atoms with van der Waals surface area (Å²) < 4.78 is 5.60. The summed E-state index contributed by atoms with van der Waals surface area (Å²) in [5.41, 5.74) is 3.12. The molecule has 1 aromatic rings. The Kier molecular flexibility index (Phi) is 5.25. The Morgan fingerprint density at radius 1 is 1.59 bits per heavy atom. The number of hydrogen-bond donors (Lipinski definition) is 2. The van der Waals surface area contributed by atoms with E-state index < -0.39 is 6.10 Å². The van der Waals surface area contributed by atoms with Crippen LogP contribution in [-0.2, 0) is 4.79 Å². The van der Waals surface area contributed by atoms with Crippen LogP contribution in [0.4, 0.5) is 0 Å². The summed E-state index contributed by atoms with van der Waals surface area (Å²) in [4.78, 5) is 11.5. The third-order valence-corrected chi connectivity index (χ3v) is 2.65. The highest BCUT2D eigenvalue weighted by molar-refractivity contribution is 6.32. The van der Waals surface area contributed by atoms with Gasteiger partial charge in [-0.15, -0.1) is 0 Å². The molecule has 0 radical (unpaired) electrons. The number of halogens is 1. The normalized spacial score (nSPS) is 12.0. The molecule has 1 atom stereocenters. The van der Waals surface area contributed by atoms with E-state index >= 15 is 0 Å². The zero-order chi connectivity index (χ0) is 12.8. The molecule has 0 spiro atoms. The van der Waals surface area contributed by atoms with E-state index in [1.54, 1.807) is 12.1 Å². The molecular weight excluding hydrogens is 240 g/mol. The molecule has 94 valence electrons. The molecule has 0 aliphatic rings. The lowest BCUT2D eigenvalue weighted by Gasteiger charge is -2.18. The van der Waals surface area contributed by atoms with Gasteiger partial charge in [0.2, 0.25) is 0 Å². The van der Waals surface area contributed by atoms with Gasteiger partial charge >= 0.3 is 0 Å². The third kappa shape index (κ3) is 3.91. The molecule has 0 fully saturated rings. The molecule has 0 bridgehead atoms. The second-order valence-electron chi connectivity index (χ2n) is 3.84. The van der Waals surface area contributed by atoms with E-state index in [1.807, 2.05) is 19.9 Å². The summed E-state index contributed by atoms with van der Waals surface area (Å²) in [5, 5.41) is 0.488. The van der Waals surface area contributed by atoms with Crippen LogP contribution in [0.2, 0.25) is 5.02 Å². The minimum atomic E-state index is -0.607. The number of benzene rings is 1. The van der Waals surface area contributed by atoms with E-state index in [-0.39, 0.29) is 5.91 Å². The third-order valence-electron chi connectivity index (χ3n) is 2.34. The van der Waals surface area contributed by atoms with E-state index in [9.17, 15) is 4.79 Å². The van der Waals surface area contributed by atoms with Crippen LogP contribution in [0.3, 0.4) is 0 Å². The number of carbonyl (C=O) groups excluding carboxylic acids is 1. The second kappa shape index (κ2) is 6.47. The second-order valence-corrected chi connectivity index (χ2v) is 4.24. The van der Waals surface area contributed by atoms with Gasteiger partial charge in [-0.25, -0.2) is 5.84 Å². The zero-order valence-electron chi connectivity index (χ0n) is 10.00. The van der Waals surface area contributed by atoms with Gasteiger partial charge in [0.25, 0.3) is 5.91 Å². The lowest BCUT2D eigenvalue weighted by atomic mass is 10.2. The Morgan fingerprint density at radius 2 is 2.29 bits per heavy atom. The van der Waals surface area contributed by atoms with E-state index in [2.05, 4.69) is 5.43 Å². The van der Waals surface area contributed by atoms with Crippen LogP contribution in [-0.4, -0.2) is 12.0 Å². The standard InChI is InChI=1S/C12H17ClN2O2/c1-3-4-10(12(16)15-14)17-11-7-8(2)5-6-9(11)13/h5-7,10H,3-4,14H2,1-2H3,(H,15,16). The van der Waals surface area contributed by atoms with Crippen LogP contribution in [0.25, 0.3) is 0 Å². The van der Waals surface area contributed by atoms with Crippen LogP contribution in [0.5, 0.6) is 5.75 Å². The molecule has 17 heavy (non-hydrogen) atoms. The molecule has 0 aliphatic carbocycles. The number of hydrazine groups is 1. The molecule has 5 heteroatoms. The number of hydrogen-bond acceptors (Lipinski definition) is 3. The van der Waals surface area contributed by atoms with Crippen LogP contribution >= 0.6 is 11.6 Å². The van der Waals surface area contributed by atoms with Gasteiger partial charge in [0.15, 0.2) is 6.10 Å². The number of ether oxygens (including phenoxy) is 1. The molecule has 1 aromatic carbocycles. The van der Waals surface area contributed by atoms with Gasteiger partial charge < -0.3 is 4.74 Å². The lowest BCUT2D eigenvalue weighted by Crippen LogP contribution is -2.42. The predicted molar refractivity (Wildman–Crippen MR) is 67.8 cm³/mol. The predicted octanol–water partition coefficient (Wildman–Crippen LogP) is 2.19. The SMILES string of the molecule is CCCC(Oc1cc(C)ccc1Cl)C(=O)NN. The number of nitrogens with two attached hydrogens (primary N) is 1. The van der Waals surface area contributed by atoms with E-state index in [1.165, 1.54) is 0 Å². The van der Waals surface area contributed by atoms with Crippen molar-refractivity contribution < 1.29 is 9.53 Å². The molecule has 1 amide bonds. The zero-order valence-corrected chi connectivity index (χ0v) is 10.8. The maximum atomic E-state index is 11.5. The quantitative estimate of drug-likeness (QED) is 0.482. The lowest BCUT2D eigenvalue weighted by molar-refractivity contribution is -0.128. The fourth-order valence-electron chi connectivity index (χ4n) is 1.45. The van der Waals surface area contributed by atoms with Crippen molar-refractivity contribution >= 4 is 17.5 Å². The van der Waals surface area contributed by atoms with Crippen molar-refractivity contribution in [2.24, 2.45) is 5.84 Å². The maximum absolute atomic E-state index is 11.5. The van der Waals surface area contributed by atoms with Gasteiger partial charge in [-0.2, -0.15) is 0 Å². The van der Waals surface area contributed by atoms with Gasteiger partial charge in [-0.05, 0) is 31.0 Å². The fourth-order valence-corrected chi connectivity index (χ4v) is 1.61. The van der Waals surface area contributed by atoms with Crippen LogP contribution in [0.15, 0.2) is 18.2 Å². The summed E-state index contributed by atoms with van der Waals surface area (Å²) in [7, 11) is 0. The molecular formula is C12H17ClN2O2. The Bertz CT molecular complexity index is 396. The summed E-state index contributed by atoms with van der Waals surface area (Å²) in [5.74, 6) is 5.28. The molecule has 0 saturated heterocycles. The molecule has 1 rings (SSSR count). The Morgan fingerprint density at radius 3 is 2.88 bits per heavy atom. The Labute approximate surface area is 106 Å². The number of rotatable bonds is 5. The number of carbonyl (C=O) groups is 1. The largest absolute Gasteiger partial charge is 0.479 e. The number of aryl methyl sites for hydroxylation is 1. The molecule has 4 nitrogen and oxygen atoms in total. The van der Waals surface area contributed by atoms with E-state index in [0.717, 1.165) is 12.0 Å². The minimum Gasteiger partial charge on any atom is -0.479 e. The number of nitrogens with one attached hydrogen (secondary N) is 1. The Hall–Kier alpha value is -1.26. The topological polar surface area (TPSA) is 64.3 Å². The van der Waals surface area contributed by atoms with Crippen molar-refractivity contribution in [3.8, 4) is 5.75 Å². The highest BCUT2D eigenvalue weighted by atomic mass is 35.5. The fraction of sp³-hybridized carbons (Fsp3) is 0.417. The van der Waals surface area contributed by atoms with Crippen molar-refractivity contribution in [1.29, 1.82) is 0 Å². The molecule has 0 aromatic heterocycles. The van der Waals surface area contributed by atoms with Gasteiger partial charge in [0, 0.05) is 0 Å². The summed E-state index contributed by atoms with van der Waals surface area (Å²) in [6, 6.07) is 5.43. The van der Waals surface area contributed by atoms with Crippen molar-refractivity contribution in [3.63, 3.8) is 0 Å². The average molecular weight is 257 g/mol. The van der Waals surface area contributed by atoms with Gasteiger partial charge in [-0.3, -0.25) is 10.2 Å². The number of amides is 1. The van der Waals surface area contributed by atoms with Crippen molar-refractivity contribution in [2.75, 3.05) is 0 Å². The summed E-state index contributed by atoms with van der Waals surface area (Å²) in [6.07, 6.45) is 0.804. The molecule has 0 aliphatic heterocycles. The van der Waals surface area contributed by atoms with Crippen LogP contribution < -0.4 is 16.0 Å². The smallest absolute Gasteiger partial charge is 0.274 e. The van der Waals surface area contributed by atoms with E-state index in [0.29, 0.717) is 17.2 Å². The average Bonchev–Trinajstić information content (AvgIpc) is 2.32. The first-order valence-electron chi connectivity index (χ1n) is 5.51. The van der Waals surface area contributed by atoms with Crippen molar-refractivity contribution in [2.45, 2.75) is 32.8 Å². The highest BCUT2D eigenvalue weighted by Crippen LogP contribution is 2.26. The molecule has 0 heterocycles. The Balaban J connectivity index is 2.85. The summed E-state index contributed by atoms with van der Waals surface area (Å²) >= 11 is 6.00. The first-order valence-corrected chi connectivity index (χ1v) is 5.89. The van der Waals surface area contributed by atoms with Crippen molar-refractivity contribution in [1.82, 2.24) is 5.43 Å². The first kappa shape index (κ1) is 13.8. The van der Waals surface area contributed by atoms with Crippen molar-refractivity contribution in [3.05, 3.63) is 28.8 Å². The van der Waals surface area contributed by atoms with Gasteiger partial charge in [0.1, 0.15) is 5.75 Å². The van der Waals surface area contributed by atoms with E-state index in [4.69, 9.17) is 22.2 Å². The monoisotopic (exact) mass is 256 g/mol. The molecule has 3 N–H and O–H groups in total. The minimum absolute atomic E-state index is 0.343.